The lowest BCUT2D eigenvalue weighted by atomic mass is 10.2. The van der Waals surface area contributed by atoms with Crippen LogP contribution in [0.3, 0.4) is 0 Å². The minimum absolute atomic E-state index is 0.253. The Bertz CT molecular complexity index is 473. The summed E-state index contributed by atoms with van der Waals surface area (Å²) in [5.41, 5.74) is 0.253. The molecule has 0 aliphatic carbocycles. The molecular weight excluding hydrogens is 324 g/mol. The van der Waals surface area contributed by atoms with Gasteiger partial charge in [-0.1, -0.05) is 0 Å². The van der Waals surface area contributed by atoms with E-state index in [0.29, 0.717) is 16.8 Å². The maximum absolute atomic E-state index is 10.8. The molecule has 1 aromatic rings. The Balaban J connectivity index is 1.81. The predicted octanol–water partition coefficient (Wildman–Crippen LogP) is 1.77. The summed E-state index contributed by atoms with van der Waals surface area (Å²) in [4.78, 5) is 15.5. The van der Waals surface area contributed by atoms with Gasteiger partial charge < -0.3 is 14.7 Å². The number of hydrogen-bond acceptors (Lipinski definition) is 4. The molecule has 1 aliphatic heterocycles. The number of aromatic carboxylic acids is 1. The Morgan fingerprint density at radius 2 is 2.05 bits per heavy atom. The lowest BCUT2D eigenvalue weighted by Crippen LogP contribution is -2.45. The Morgan fingerprint density at radius 1 is 1.35 bits per heavy atom. The highest BCUT2D eigenvalue weighted by atomic mass is 79.9. The number of ether oxygens (including phenoxy) is 1. The minimum Gasteiger partial charge on any atom is -0.491 e. The number of halogens is 1. The first-order chi connectivity index (χ1) is 9.56. The van der Waals surface area contributed by atoms with Crippen molar-refractivity contribution in [3.63, 3.8) is 0 Å². The molecule has 1 saturated heterocycles. The van der Waals surface area contributed by atoms with Gasteiger partial charge in [-0.3, -0.25) is 4.90 Å². The van der Waals surface area contributed by atoms with Gasteiger partial charge in [0.05, 0.1) is 10.0 Å². The first-order valence-electron chi connectivity index (χ1n) is 6.63. The van der Waals surface area contributed by atoms with E-state index in [1.165, 1.54) is 0 Å². The monoisotopic (exact) mass is 342 g/mol. The third-order valence-electron chi connectivity index (χ3n) is 3.44. The van der Waals surface area contributed by atoms with Gasteiger partial charge in [0.25, 0.3) is 0 Å². The van der Waals surface area contributed by atoms with E-state index in [9.17, 15) is 4.79 Å². The average molecular weight is 343 g/mol. The molecule has 6 heteroatoms. The summed E-state index contributed by atoms with van der Waals surface area (Å²) in [7, 11) is 2.13. The van der Waals surface area contributed by atoms with Crippen molar-refractivity contribution >= 4 is 21.9 Å². The molecule has 0 amide bonds. The number of nitrogens with zero attached hydrogens (tertiary/aromatic N) is 2. The highest BCUT2D eigenvalue weighted by Crippen LogP contribution is 2.26. The summed E-state index contributed by atoms with van der Waals surface area (Å²) in [6.07, 6.45) is 0. The number of rotatable bonds is 5. The van der Waals surface area contributed by atoms with Gasteiger partial charge in [0, 0.05) is 32.7 Å². The van der Waals surface area contributed by atoms with Crippen molar-refractivity contribution in [2.45, 2.75) is 0 Å². The van der Waals surface area contributed by atoms with Crippen molar-refractivity contribution < 1.29 is 14.6 Å². The fourth-order valence-corrected chi connectivity index (χ4v) is 2.60. The molecule has 110 valence electrons. The molecule has 20 heavy (non-hydrogen) atoms. The summed E-state index contributed by atoms with van der Waals surface area (Å²) >= 11 is 3.34. The smallest absolute Gasteiger partial charge is 0.335 e. The molecule has 1 N–H and O–H groups in total. The summed E-state index contributed by atoms with van der Waals surface area (Å²) in [5, 5.41) is 8.90. The van der Waals surface area contributed by atoms with Gasteiger partial charge in [-0.25, -0.2) is 4.79 Å². The van der Waals surface area contributed by atoms with Gasteiger partial charge in [0.1, 0.15) is 12.4 Å². The largest absolute Gasteiger partial charge is 0.491 e. The van der Waals surface area contributed by atoms with Crippen LogP contribution >= 0.6 is 15.9 Å². The third kappa shape index (κ3) is 4.19. The Morgan fingerprint density at radius 3 is 2.65 bits per heavy atom. The zero-order chi connectivity index (χ0) is 14.5. The second-order valence-corrected chi connectivity index (χ2v) is 5.80. The first-order valence-corrected chi connectivity index (χ1v) is 7.42. The Labute approximate surface area is 127 Å². The summed E-state index contributed by atoms with van der Waals surface area (Å²) < 4.78 is 6.38. The molecule has 0 bridgehead atoms. The van der Waals surface area contributed by atoms with E-state index in [4.69, 9.17) is 9.84 Å². The van der Waals surface area contributed by atoms with Crippen LogP contribution < -0.4 is 4.74 Å². The molecule has 5 nitrogen and oxygen atoms in total. The van der Waals surface area contributed by atoms with Crippen molar-refractivity contribution in [2.24, 2.45) is 0 Å². The van der Waals surface area contributed by atoms with Gasteiger partial charge in [-0.15, -0.1) is 0 Å². The standard InChI is InChI=1S/C14H19BrN2O3/c1-16-4-6-17(7-5-16)8-9-20-13-3-2-11(14(18)19)10-12(13)15/h2-3,10H,4-9H2,1H3,(H,18,19). The number of carboxylic acid groups (broad SMARTS) is 1. The zero-order valence-corrected chi connectivity index (χ0v) is 13.1. The van der Waals surface area contributed by atoms with Gasteiger partial charge in [0.15, 0.2) is 0 Å². The molecule has 0 aromatic heterocycles. The predicted molar refractivity (Wildman–Crippen MR) is 80.5 cm³/mol. The van der Waals surface area contributed by atoms with Gasteiger partial charge in [-0.2, -0.15) is 0 Å². The lowest BCUT2D eigenvalue weighted by molar-refractivity contribution is 0.0696. The van der Waals surface area contributed by atoms with E-state index in [1.54, 1.807) is 18.2 Å². The van der Waals surface area contributed by atoms with Crippen molar-refractivity contribution in [3.8, 4) is 5.75 Å². The van der Waals surface area contributed by atoms with E-state index < -0.39 is 5.97 Å². The fraction of sp³-hybridized carbons (Fsp3) is 0.500. The maximum Gasteiger partial charge on any atom is 0.335 e. The van der Waals surface area contributed by atoms with Crippen LogP contribution in [-0.2, 0) is 0 Å². The topological polar surface area (TPSA) is 53.0 Å². The molecule has 0 spiro atoms. The molecule has 1 aliphatic rings. The summed E-state index contributed by atoms with van der Waals surface area (Å²) in [6.45, 7) is 5.82. The van der Waals surface area contributed by atoms with Crippen LogP contribution in [0.15, 0.2) is 22.7 Å². The first kappa shape index (κ1) is 15.3. The van der Waals surface area contributed by atoms with E-state index in [0.717, 1.165) is 32.7 Å². The van der Waals surface area contributed by atoms with Crippen LogP contribution in [0.2, 0.25) is 0 Å². The van der Waals surface area contributed by atoms with E-state index in [-0.39, 0.29) is 5.56 Å². The van der Waals surface area contributed by atoms with Gasteiger partial charge in [-0.05, 0) is 41.2 Å². The van der Waals surface area contributed by atoms with Crippen LogP contribution in [-0.4, -0.2) is 67.3 Å². The average Bonchev–Trinajstić information content (AvgIpc) is 2.42. The van der Waals surface area contributed by atoms with E-state index in [2.05, 4.69) is 32.8 Å². The number of likely N-dealkylation sites (N-methyl/N-ethyl adjacent to an activating group) is 1. The normalized spacial score (nSPS) is 17.1. The van der Waals surface area contributed by atoms with Gasteiger partial charge in [0.2, 0.25) is 0 Å². The summed E-state index contributed by atoms with van der Waals surface area (Å²) in [5.74, 6) is -0.251. The Hall–Kier alpha value is -1.11. The number of carbonyl (C=O) groups is 1. The molecule has 0 saturated carbocycles. The fourth-order valence-electron chi connectivity index (χ4n) is 2.11. The lowest BCUT2D eigenvalue weighted by Gasteiger charge is -2.32. The number of carboxylic acids is 1. The zero-order valence-electron chi connectivity index (χ0n) is 11.5. The van der Waals surface area contributed by atoms with E-state index in [1.807, 2.05) is 0 Å². The molecule has 2 rings (SSSR count). The van der Waals surface area contributed by atoms with Crippen molar-refractivity contribution in [1.29, 1.82) is 0 Å². The molecule has 0 radical (unpaired) electrons. The third-order valence-corrected chi connectivity index (χ3v) is 4.06. The molecular formula is C14H19BrN2O3. The SMILES string of the molecule is CN1CCN(CCOc2ccc(C(=O)O)cc2Br)CC1. The second-order valence-electron chi connectivity index (χ2n) is 4.94. The Kier molecular flexibility index (Phi) is 5.39. The molecule has 0 unspecified atom stereocenters. The van der Waals surface area contributed by atoms with E-state index >= 15 is 0 Å². The van der Waals surface area contributed by atoms with Crippen LogP contribution in [0.25, 0.3) is 0 Å². The van der Waals surface area contributed by atoms with Crippen LogP contribution in [0.5, 0.6) is 5.75 Å². The summed E-state index contributed by atoms with van der Waals surface area (Å²) in [6, 6.07) is 4.81. The quantitative estimate of drug-likeness (QED) is 0.883. The van der Waals surface area contributed by atoms with Crippen molar-refractivity contribution in [2.75, 3.05) is 46.4 Å². The highest BCUT2D eigenvalue weighted by Gasteiger charge is 2.13. The molecule has 0 atom stereocenters. The minimum atomic E-state index is -0.935. The number of hydrogen-bond donors (Lipinski definition) is 1. The number of piperazine rings is 1. The maximum atomic E-state index is 10.8. The highest BCUT2D eigenvalue weighted by molar-refractivity contribution is 9.10. The van der Waals surface area contributed by atoms with Gasteiger partial charge >= 0.3 is 5.97 Å². The molecule has 1 heterocycles. The second kappa shape index (κ2) is 7.06. The number of benzene rings is 1. The van der Waals surface area contributed by atoms with Crippen molar-refractivity contribution in [3.05, 3.63) is 28.2 Å². The van der Waals surface area contributed by atoms with Crippen LogP contribution in [0.1, 0.15) is 10.4 Å². The molecule has 1 aromatic carbocycles. The van der Waals surface area contributed by atoms with Crippen LogP contribution in [0.4, 0.5) is 0 Å². The molecule has 1 fully saturated rings. The van der Waals surface area contributed by atoms with Crippen molar-refractivity contribution in [1.82, 2.24) is 9.80 Å². The van der Waals surface area contributed by atoms with Crippen LogP contribution in [0, 0.1) is 0 Å².